The molecule has 102 valence electrons. The molecule has 6 heteroatoms. The van der Waals surface area contributed by atoms with Crippen molar-refractivity contribution in [1.29, 1.82) is 0 Å². The van der Waals surface area contributed by atoms with Gasteiger partial charge in [-0.1, -0.05) is 30.4 Å². The average molecular weight is 292 g/mol. The van der Waals surface area contributed by atoms with Gasteiger partial charge in [0.1, 0.15) is 16.6 Å². The maximum Gasteiger partial charge on any atom is 0.258 e. The minimum absolute atomic E-state index is 0.0767. The van der Waals surface area contributed by atoms with Crippen LogP contribution in [0.4, 0.5) is 14.5 Å². The van der Waals surface area contributed by atoms with E-state index >= 15 is 0 Å². The van der Waals surface area contributed by atoms with Crippen LogP contribution in [0.3, 0.4) is 0 Å². The van der Waals surface area contributed by atoms with Crippen LogP contribution in [0.2, 0.25) is 0 Å². The van der Waals surface area contributed by atoms with E-state index in [-0.39, 0.29) is 21.8 Å². The second kappa shape index (κ2) is 5.75. The van der Waals surface area contributed by atoms with Crippen LogP contribution in [-0.4, -0.2) is 10.9 Å². The number of nitrogens with one attached hydrogen (secondary N) is 1. The third-order valence-electron chi connectivity index (χ3n) is 2.63. The van der Waals surface area contributed by atoms with Gasteiger partial charge in [0.05, 0.1) is 16.8 Å². The number of amides is 1. The predicted molar refractivity (Wildman–Crippen MR) is 76.6 cm³/mol. The summed E-state index contributed by atoms with van der Waals surface area (Å²) in [7, 11) is 0. The van der Waals surface area contributed by atoms with Gasteiger partial charge in [-0.05, 0) is 24.3 Å². The van der Waals surface area contributed by atoms with Crippen molar-refractivity contribution in [2.24, 2.45) is 5.73 Å². The lowest BCUT2D eigenvalue weighted by Crippen LogP contribution is -2.19. The summed E-state index contributed by atoms with van der Waals surface area (Å²) >= 11 is 4.74. The van der Waals surface area contributed by atoms with Crippen LogP contribution in [0.15, 0.2) is 42.5 Å². The number of hydrogen-bond acceptors (Lipinski definition) is 2. The molecule has 0 unspecified atom stereocenters. The lowest BCUT2D eigenvalue weighted by atomic mass is 10.1. The Kier molecular flexibility index (Phi) is 4.05. The minimum Gasteiger partial charge on any atom is -0.389 e. The molecular formula is C14H10F2N2OS. The molecule has 0 fully saturated rings. The SMILES string of the molecule is NC(=S)c1c(F)cccc1NC(=O)c1ccccc1F. The van der Waals surface area contributed by atoms with Gasteiger partial charge in [0.2, 0.25) is 0 Å². The van der Waals surface area contributed by atoms with E-state index in [0.717, 1.165) is 6.07 Å². The smallest absolute Gasteiger partial charge is 0.258 e. The van der Waals surface area contributed by atoms with E-state index in [0.29, 0.717) is 0 Å². The Morgan fingerprint density at radius 3 is 2.35 bits per heavy atom. The molecule has 0 saturated heterocycles. The first kappa shape index (κ1) is 14.1. The molecule has 2 rings (SSSR count). The molecule has 0 radical (unpaired) electrons. The fourth-order valence-corrected chi connectivity index (χ4v) is 1.92. The summed E-state index contributed by atoms with van der Waals surface area (Å²) in [6.07, 6.45) is 0. The third-order valence-corrected chi connectivity index (χ3v) is 2.83. The summed E-state index contributed by atoms with van der Waals surface area (Å²) in [6.45, 7) is 0. The number of thiocarbonyl (C=S) groups is 1. The molecule has 0 aliphatic carbocycles. The van der Waals surface area contributed by atoms with E-state index in [2.05, 4.69) is 5.32 Å². The van der Waals surface area contributed by atoms with Crippen molar-refractivity contribution in [3.8, 4) is 0 Å². The highest BCUT2D eigenvalue weighted by atomic mass is 32.1. The van der Waals surface area contributed by atoms with E-state index < -0.39 is 17.5 Å². The number of rotatable bonds is 3. The number of nitrogens with two attached hydrogens (primary N) is 1. The van der Waals surface area contributed by atoms with Crippen molar-refractivity contribution in [2.45, 2.75) is 0 Å². The van der Waals surface area contributed by atoms with Gasteiger partial charge in [-0.2, -0.15) is 0 Å². The molecule has 0 saturated carbocycles. The molecule has 0 heterocycles. The van der Waals surface area contributed by atoms with Crippen molar-refractivity contribution in [3.05, 3.63) is 65.2 Å². The van der Waals surface area contributed by atoms with Gasteiger partial charge >= 0.3 is 0 Å². The van der Waals surface area contributed by atoms with Crippen LogP contribution < -0.4 is 11.1 Å². The summed E-state index contributed by atoms with van der Waals surface area (Å²) < 4.78 is 27.1. The van der Waals surface area contributed by atoms with Crippen molar-refractivity contribution in [1.82, 2.24) is 0 Å². The molecule has 0 aliphatic rings. The molecule has 2 aromatic rings. The van der Waals surface area contributed by atoms with E-state index in [1.807, 2.05) is 0 Å². The molecule has 0 aromatic heterocycles. The zero-order valence-electron chi connectivity index (χ0n) is 10.2. The van der Waals surface area contributed by atoms with Crippen molar-refractivity contribution < 1.29 is 13.6 Å². The van der Waals surface area contributed by atoms with Crippen LogP contribution in [0, 0.1) is 11.6 Å². The van der Waals surface area contributed by atoms with Gasteiger partial charge in [-0.15, -0.1) is 0 Å². The number of anilines is 1. The van der Waals surface area contributed by atoms with Crippen molar-refractivity contribution in [2.75, 3.05) is 5.32 Å². The number of hydrogen-bond donors (Lipinski definition) is 2. The van der Waals surface area contributed by atoms with Gasteiger partial charge in [-0.3, -0.25) is 4.79 Å². The van der Waals surface area contributed by atoms with Crippen LogP contribution in [0.25, 0.3) is 0 Å². The molecule has 2 aromatic carbocycles. The summed E-state index contributed by atoms with van der Waals surface area (Å²) in [5.74, 6) is -2.02. The normalized spacial score (nSPS) is 10.1. The lowest BCUT2D eigenvalue weighted by molar-refractivity contribution is 0.102. The topological polar surface area (TPSA) is 55.1 Å². The highest BCUT2D eigenvalue weighted by molar-refractivity contribution is 7.80. The predicted octanol–water partition coefficient (Wildman–Crippen LogP) is 2.85. The molecule has 0 spiro atoms. The Hall–Kier alpha value is -2.34. The Morgan fingerprint density at radius 1 is 1.05 bits per heavy atom. The average Bonchev–Trinajstić information content (AvgIpc) is 2.38. The highest BCUT2D eigenvalue weighted by Gasteiger charge is 2.16. The van der Waals surface area contributed by atoms with Crippen LogP contribution >= 0.6 is 12.2 Å². The first-order chi connectivity index (χ1) is 9.50. The zero-order valence-corrected chi connectivity index (χ0v) is 11.0. The Morgan fingerprint density at radius 2 is 1.70 bits per heavy atom. The van der Waals surface area contributed by atoms with E-state index in [1.54, 1.807) is 0 Å². The van der Waals surface area contributed by atoms with Gasteiger partial charge in [-0.25, -0.2) is 8.78 Å². The molecule has 20 heavy (non-hydrogen) atoms. The molecule has 0 aliphatic heterocycles. The van der Waals surface area contributed by atoms with E-state index in [4.69, 9.17) is 18.0 Å². The van der Waals surface area contributed by atoms with Gasteiger partial charge in [0, 0.05) is 0 Å². The highest BCUT2D eigenvalue weighted by Crippen LogP contribution is 2.20. The standard InChI is InChI=1S/C14H10F2N2OS/c15-9-5-2-1-4-8(9)14(19)18-11-7-3-6-10(16)12(11)13(17)20/h1-7H,(H2,17,20)(H,18,19). The maximum absolute atomic E-state index is 13.6. The van der Waals surface area contributed by atoms with Crippen LogP contribution in [-0.2, 0) is 0 Å². The van der Waals surface area contributed by atoms with Gasteiger partial charge in [0.15, 0.2) is 0 Å². The van der Waals surface area contributed by atoms with Crippen molar-refractivity contribution >= 4 is 28.8 Å². The van der Waals surface area contributed by atoms with Gasteiger partial charge < -0.3 is 11.1 Å². The fraction of sp³-hybridized carbons (Fsp3) is 0. The fourth-order valence-electron chi connectivity index (χ4n) is 1.71. The summed E-state index contributed by atoms with van der Waals surface area (Å²) in [4.78, 5) is 11.8. The number of carbonyl (C=O) groups is 1. The van der Waals surface area contributed by atoms with Crippen LogP contribution in [0.1, 0.15) is 15.9 Å². The molecule has 3 nitrogen and oxygen atoms in total. The second-order valence-electron chi connectivity index (χ2n) is 3.96. The summed E-state index contributed by atoms with van der Waals surface area (Å²) in [6, 6.07) is 9.49. The number of carbonyl (C=O) groups excluding carboxylic acids is 1. The van der Waals surface area contributed by atoms with E-state index in [9.17, 15) is 13.6 Å². The molecule has 1 amide bonds. The zero-order chi connectivity index (χ0) is 14.7. The largest absolute Gasteiger partial charge is 0.389 e. The van der Waals surface area contributed by atoms with Crippen molar-refractivity contribution in [3.63, 3.8) is 0 Å². The number of halogens is 2. The Bertz CT molecular complexity index is 689. The van der Waals surface area contributed by atoms with Crippen LogP contribution in [0.5, 0.6) is 0 Å². The number of benzene rings is 2. The minimum atomic E-state index is -0.703. The first-order valence-electron chi connectivity index (χ1n) is 5.65. The lowest BCUT2D eigenvalue weighted by Gasteiger charge is -2.11. The van der Waals surface area contributed by atoms with Gasteiger partial charge in [0.25, 0.3) is 5.91 Å². The molecule has 0 atom stereocenters. The monoisotopic (exact) mass is 292 g/mol. The molecular weight excluding hydrogens is 282 g/mol. The third kappa shape index (κ3) is 2.80. The van der Waals surface area contributed by atoms with E-state index in [1.165, 1.54) is 36.4 Å². The quantitative estimate of drug-likeness (QED) is 0.855. The maximum atomic E-state index is 13.6. The summed E-state index contributed by atoms with van der Waals surface area (Å²) in [5, 5.41) is 2.40. The molecule has 0 bridgehead atoms. The second-order valence-corrected chi connectivity index (χ2v) is 4.40. The summed E-state index contributed by atoms with van der Waals surface area (Å²) in [5.41, 5.74) is 5.30. The Balaban J connectivity index is 2.36. The Labute approximate surface area is 119 Å². The molecule has 3 N–H and O–H groups in total. The first-order valence-corrected chi connectivity index (χ1v) is 6.05.